The highest BCUT2D eigenvalue weighted by atomic mass is 15.3. The second kappa shape index (κ2) is 7.92. The number of rotatable bonds is 7. The molecule has 1 aromatic rings. The number of nitrogens with two attached hydrogens (primary N) is 1. The number of hydrogen-bond donors (Lipinski definition) is 1. The Morgan fingerprint density at radius 3 is 2.52 bits per heavy atom. The van der Waals surface area contributed by atoms with Gasteiger partial charge in [0.15, 0.2) is 5.82 Å². The van der Waals surface area contributed by atoms with E-state index < -0.39 is 0 Å². The maximum absolute atomic E-state index is 5.73. The van der Waals surface area contributed by atoms with E-state index in [0.29, 0.717) is 17.8 Å². The predicted octanol–water partition coefficient (Wildman–Crippen LogP) is 3.42. The zero-order chi connectivity index (χ0) is 15.2. The number of aromatic nitrogens is 3. The van der Waals surface area contributed by atoms with Crippen molar-refractivity contribution in [2.75, 3.05) is 6.54 Å². The van der Waals surface area contributed by atoms with Crippen molar-refractivity contribution >= 4 is 0 Å². The third-order valence-electron chi connectivity index (χ3n) is 5.06. The van der Waals surface area contributed by atoms with E-state index in [2.05, 4.69) is 18.9 Å². The molecular formula is C17H32N4. The van der Waals surface area contributed by atoms with E-state index in [1.165, 1.54) is 38.5 Å². The minimum atomic E-state index is 0.601. The molecule has 1 saturated carbocycles. The number of nitrogens with zero attached hydrogens (tertiary/aromatic N) is 3. The molecule has 0 aromatic carbocycles. The molecule has 1 unspecified atom stereocenters. The summed E-state index contributed by atoms with van der Waals surface area (Å²) in [5.74, 6) is 4.23. The molecule has 0 spiro atoms. The van der Waals surface area contributed by atoms with Gasteiger partial charge in [-0.3, -0.25) is 4.68 Å². The third kappa shape index (κ3) is 4.53. The summed E-state index contributed by atoms with van der Waals surface area (Å²) in [5.41, 5.74) is 5.73. The van der Waals surface area contributed by atoms with Crippen LogP contribution in [0.15, 0.2) is 0 Å². The summed E-state index contributed by atoms with van der Waals surface area (Å²) in [6, 6.07) is 0. The predicted molar refractivity (Wildman–Crippen MR) is 87.1 cm³/mol. The molecule has 2 N–H and O–H groups in total. The second-order valence-corrected chi connectivity index (χ2v) is 6.96. The smallest absolute Gasteiger partial charge is 0.154 e. The summed E-state index contributed by atoms with van der Waals surface area (Å²) in [7, 11) is 2.04. The van der Waals surface area contributed by atoms with Crippen LogP contribution >= 0.6 is 0 Å². The Morgan fingerprint density at radius 2 is 1.90 bits per heavy atom. The van der Waals surface area contributed by atoms with Crippen LogP contribution in [0.3, 0.4) is 0 Å². The lowest BCUT2D eigenvalue weighted by Gasteiger charge is -2.19. The molecule has 1 aromatic heterocycles. The normalized spacial score (nSPS) is 18.3. The van der Waals surface area contributed by atoms with E-state index >= 15 is 0 Å². The summed E-state index contributed by atoms with van der Waals surface area (Å²) in [5, 5.41) is 4.68. The first-order chi connectivity index (χ1) is 10.1. The molecule has 1 aliphatic carbocycles. The fourth-order valence-corrected chi connectivity index (χ4v) is 3.53. The Bertz CT molecular complexity index is 418. The maximum atomic E-state index is 5.73. The van der Waals surface area contributed by atoms with Gasteiger partial charge in [-0.25, -0.2) is 4.98 Å². The Morgan fingerprint density at radius 1 is 1.19 bits per heavy atom. The van der Waals surface area contributed by atoms with Crippen LogP contribution in [0.25, 0.3) is 0 Å². The van der Waals surface area contributed by atoms with Gasteiger partial charge in [-0.05, 0) is 44.1 Å². The van der Waals surface area contributed by atoms with Crippen LogP contribution in [-0.4, -0.2) is 21.3 Å². The molecule has 0 aliphatic heterocycles. The summed E-state index contributed by atoms with van der Waals surface area (Å²) in [6.45, 7) is 5.38. The minimum absolute atomic E-state index is 0.601. The van der Waals surface area contributed by atoms with E-state index in [-0.39, 0.29) is 0 Å². The Hall–Kier alpha value is -0.900. The van der Waals surface area contributed by atoms with E-state index in [1.807, 2.05) is 11.7 Å². The maximum Gasteiger partial charge on any atom is 0.154 e. The van der Waals surface area contributed by atoms with Crippen molar-refractivity contribution in [1.29, 1.82) is 0 Å². The first kappa shape index (κ1) is 16.5. The van der Waals surface area contributed by atoms with Gasteiger partial charge in [0.2, 0.25) is 0 Å². The molecule has 0 radical (unpaired) electrons. The molecular weight excluding hydrogens is 260 g/mol. The van der Waals surface area contributed by atoms with E-state index in [4.69, 9.17) is 10.7 Å². The van der Waals surface area contributed by atoms with Crippen LogP contribution in [0, 0.1) is 11.8 Å². The lowest BCUT2D eigenvalue weighted by atomic mass is 9.88. The average Bonchev–Trinajstić information content (AvgIpc) is 2.85. The largest absolute Gasteiger partial charge is 0.330 e. The highest BCUT2D eigenvalue weighted by Gasteiger charge is 2.21. The van der Waals surface area contributed by atoms with Crippen molar-refractivity contribution in [3.8, 4) is 0 Å². The van der Waals surface area contributed by atoms with Crippen LogP contribution < -0.4 is 5.73 Å². The molecule has 0 saturated heterocycles. The SMILES string of the molecule is CC(C)C(CCN)CCc1nc(C2CCCCC2)nn1C. The van der Waals surface area contributed by atoms with Gasteiger partial charge in [-0.1, -0.05) is 33.1 Å². The van der Waals surface area contributed by atoms with Crippen molar-refractivity contribution in [2.24, 2.45) is 24.6 Å². The van der Waals surface area contributed by atoms with Gasteiger partial charge in [0.25, 0.3) is 0 Å². The lowest BCUT2D eigenvalue weighted by molar-refractivity contribution is 0.337. The fraction of sp³-hybridized carbons (Fsp3) is 0.882. The quantitative estimate of drug-likeness (QED) is 0.837. The first-order valence-electron chi connectivity index (χ1n) is 8.71. The fourth-order valence-electron chi connectivity index (χ4n) is 3.53. The van der Waals surface area contributed by atoms with Crippen molar-refractivity contribution in [3.05, 3.63) is 11.6 Å². The summed E-state index contributed by atoms with van der Waals surface area (Å²) >= 11 is 0. The molecule has 0 amide bonds. The zero-order valence-corrected chi connectivity index (χ0v) is 14.0. The first-order valence-corrected chi connectivity index (χ1v) is 8.71. The Kier molecular flexibility index (Phi) is 6.22. The molecule has 1 atom stereocenters. The minimum Gasteiger partial charge on any atom is -0.330 e. The number of hydrogen-bond acceptors (Lipinski definition) is 3. The molecule has 1 fully saturated rings. The van der Waals surface area contributed by atoms with Gasteiger partial charge in [0.1, 0.15) is 5.82 Å². The molecule has 4 heteroatoms. The van der Waals surface area contributed by atoms with Gasteiger partial charge in [-0.2, -0.15) is 5.10 Å². The third-order valence-corrected chi connectivity index (χ3v) is 5.06. The molecule has 4 nitrogen and oxygen atoms in total. The van der Waals surface area contributed by atoms with Crippen molar-refractivity contribution in [3.63, 3.8) is 0 Å². The highest BCUT2D eigenvalue weighted by molar-refractivity contribution is 5.01. The van der Waals surface area contributed by atoms with Crippen molar-refractivity contribution in [1.82, 2.24) is 14.8 Å². The van der Waals surface area contributed by atoms with Gasteiger partial charge in [0.05, 0.1) is 0 Å². The van der Waals surface area contributed by atoms with Gasteiger partial charge < -0.3 is 5.73 Å². The van der Waals surface area contributed by atoms with Crippen LogP contribution in [0.5, 0.6) is 0 Å². The molecule has 2 rings (SSSR count). The van der Waals surface area contributed by atoms with E-state index in [9.17, 15) is 0 Å². The van der Waals surface area contributed by atoms with E-state index in [0.717, 1.165) is 31.0 Å². The van der Waals surface area contributed by atoms with Crippen LogP contribution in [0.2, 0.25) is 0 Å². The van der Waals surface area contributed by atoms with Crippen molar-refractivity contribution in [2.45, 2.75) is 71.1 Å². The van der Waals surface area contributed by atoms with Crippen molar-refractivity contribution < 1.29 is 0 Å². The standard InChI is InChI=1S/C17H32N4/c1-13(2)14(11-12-18)9-10-16-19-17(20-21(16)3)15-7-5-4-6-8-15/h13-15H,4-12,18H2,1-3H3. The van der Waals surface area contributed by atoms with Gasteiger partial charge >= 0.3 is 0 Å². The zero-order valence-electron chi connectivity index (χ0n) is 14.0. The monoisotopic (exact) mass is 292 g/mol. The molecule has 120 valence electrons. The van der Waals surface area contributed by atoms with Crippen LogP contribution in [-0.2, 0) is 13.5 Å². The summed E-state index contributed by atoms with van der Waals surface area (Å²) in [4.78, 5) is 4.85. The lowest BCUT2D eigenvalue weighted by Crippen LogP contribution is -2.16. The Balaban J connectivity index is 1.95. The van der Waals surface area contributed by atoms with Crippen LogP contribution in [0.1, 0.15) is 76.4 Å². The van der Waals surface area contributed by atoms with Gasteiger partial charge in [-0.15, -0.1) is 0 Å². The van der Waals surface area contributed by atoms with E-state index in [1.54, 1.807) is 0 Å². The highest BCUT2D eigenvalue weighted by Crippen LogP contribution is 2.31. The number of aryl methyl sites for hydroxylation is 2. The Labute approximate surface area is 129 Å². The summed E-state index contributed by atoms with van der Waals surface area (Å²) in [6.07, 6.45) is 9.91. The summed E-state index contributed by atoms with van der Waals surface area (Å²) < 4.78 is 2.00. The second-order valence-electron chi connectivity index (χ2n) is 6.96. The van der Waals surface area contributed by atoms with Gasteiger partial charge in [0, 0.05) is 19.4 Å². The molecule has 0 bridgehead atoms. The average molecular weight is 292 g/mol. The molecule has 1 heterocycles. The molecule has 1 aliphatic rings. The topological polar surface area (TPSA) is 56.7 Å². The molecule has 21 heavy (non-hydrogen) atoms. The van der Waals surface area contributed by atoms with Crippen LogP contribution in [0.4, 0.5) is 0 Å².